The van der Waals surface area contributed by atoms with E-state index in [-0.39, 0.29) is 5.91 Å². The van der Waals surface area contributed by atoms with E-state index in [9.17, 15) is 9.59 Å². The van der Waals surface area contributed by atoms with Crippen LogP contribution in [0.3, 0.4) is 0 Å². The minimum absolute atomic E-state index is 0.118. The molecule has 5 heteroatoms. The fourth-order valence-electron chi connectivity index (χ4n) is 5.13. The maximum Gasteiger partial charge on any atom is 0.258 e. The molecular weight excluding hydrogens is 448 g/mol. The molecule has 1 aliphatic heterocycles. The van der Waals surface area contributed by atoms with Crippen molar-refractivity contribution in [1.29, 1.82) is 0 Å². The van der Waals surface area contributed by atoms with Crippen molar-refractivity contribution >= 4 is 28.7 Å². The number of nitrogens with zero attached hydrogens (tertiary/aromatic N) is 2. The zero-order chi connectivity index (χ0) is 24.6. The summed E-state index contributed by atoms with van der Waals surface area (Å²) in [7, 11) is 1.63. The molecule has 1 aromatic heterocycles. The van der Waals surface area contributed by atoms with E-state index in [1.807, 2.05) is 71.3 Å². The molecule has 6 rings (SSSR count). The summed E-state index contributed by atoms with van der Waals surface area (Å²) < 4.78 is 7.76. The fraction of sp³-hybridized carbons (Fsp3) is 0.0968. The van der Waals surface area contributed by atoms with Crippen LogP contribution in [0.25, 0.3) is 21.9 Å². The van der Waals surface area contributed by atoms with Gasteiger partial charge >= 0.3 is 0 Å². The monoisotopic (exact) mass is 472 g/mol. The molecule has 0 fully saturated rings. The highest BCUT2D eigenvalue weighted by Gasteiger charge is 2.26. The molecule has 0 N–H and O–H groups in total. The fourth-order valence-corrected chi connectivity index (χ4v) is 5.13. The summed E-state index contributed by atoms with van der Waals surface area (Å²) in [6.45, 7) is 0.913. The molecule has 0 bridgehead atoms. The molecule has 0 aliphatic carbocycles. The second-order valence-electron chi connectivity index (χ2n) is 8.92. The minimum Gasteiger partial charge on any atom is -0.496 e. The second-order valence-corrected chi connectivity index (χ2v) is 8.92. The molecule has 1 amide bonds. The quantitative estimate of drug-likeness (QED) is 0.287. The van der Waals surface area contributed by atoms with Crippen molar-refractivity contribution in [3.05, 3.63) is 120 Å². The molecule has 1 aliphatic rings. The van der Waals surface area contributed by atoms with Crippen molar-refractivity contribution in [2.45, 2.75) is 13.1 Å². The third-order valence-corrected chi connectivity index (χ3v) is 6.93. The van der Waals surface area contributed by atoms with Crippen molar-refractivity contribution < 1.29 is 14.3 Å². The molecule has 36 heavy (non-hydrogen) atoms. The number of methoxy groups -OCH3 is 1. The van der Waals surface area contributed by atoms with Gasteiger partial charge in [0.2, 0.25) is 0 Å². The van der Waals surface area contributed by atoms with Gasteiger partial charge in [-0.3, -0.25) is 9.59 Å². The van der Waals surface area contributed by atoms with Gasteiger partial charge < -0.3 is 14.2 Å². The van der Waals surface area contributed by atoms with E-state index in [0.717, 1.165) is 45.1 Å². The molecule has 0 radical (unpaired) electrons. The van der Waals surface area contributed by atoms with Crippen molar-refractivity contribution in [2.24, 2.45) is 0 Å². The van der Waals surface area contributed by atoms with Crippen LogP contribution in [0.2, 0.25) is 0 Å². The van der Waals surface area contributed by atoms with E-state index < -0.39 is 0 Å². The van der Waals surface area contributed by atoms with Crippen LogP contribution in [-0.4, -0.2) is 23.9 Å². The van der Waals surface area contributed by atoms with Crippen molar-refractivity contribution in [1.82, 2.24) is 4.57 Å². The van der Waals surface area contributed by atoms with E-state index in [1.54, 1.807) is 18.1 Å². The van der Waals surface area contributed by atoms with Crippen LogP contribution in [0.1, 0.15) is 32.1 Å². The Kier molecular flexibility index (Phi) is 5.38. The number of ether oxygens (including phenoxy) is 1. The van der Waals surface area contributed by atoms with Gasteiger partial charge in [-0.05, 0) is 58.3 Å². The van der Waals surface area contributed by atoms with E-state index in [0.29, 0.717) is 30.1 Å². The van der Waals surface area contributed by atoms with E-state index in [2.05, 4.69) is 24.3 Å². The van der Waals surface area contributed by atoms with Gasteiger partial charge in [0.1, 0.15) is 5.75 Å². The van der Waals surface area contributed by atoms with E-state index in [4.69, 9.17) is 4.74 Å². The summed E-state index contributed by atoms with van der Waals surface area (Å²) in [5, 5.41) is 2.28. The number of aromatic nitrogens is 1. The maximum absolute atomic E-state index is 13.9. The summed E-state index contributed by atoms with van der Waals surface area (Å²) in [6, 6.07) is 31.7. The van der Waals surface area contributed by atoms with Crippen LogP contribution >= 0.6 is 0 Å². The number of aldehydes is 1. The van der Waals surface area contributed by atoms with Crippen molar-refractivity contribution in [3.63, 3.8) is 0 Å². The molecule has 5 aromatic rings. The first kappa shape index (κ1) is 21.9. The predicted molar refractivity (Wildman–Crippen MR) is 142 cm³/mol. The van der Waals surface area contributed by atoms with Gasteiger partial charge in [-0.25, -0.2) is 0 Å². The summed E-state index contributed by atoms with van der Waals surface area (Å²) in [6.07, 6.45) is 0.862. The lowest BCUT2D eigenvalue weighted by Gasteiger charge is -2.23. The van der Waals surface area contributed by atoms with Crippen LogP contribution in [0.5, 0.6) is 5.75 Å². The van der Waals surface area contributed by atoms with Crippen molar-refractivity contribution in [3.8, 4) is 16.9 Å². The van der Waals surface area contributed by atoms with E-state index >= 15 is 0 Å². The zero-order valence-corrected chi connectivity index (χ0v) is 19.8. The largest absolute Gasteiger partial charge is 0.496 e. The van der Waals surface area contributed by atoms with Gasteiger partial charge in [-0.15, -0.1) is 0 Å². The summed E-state index contributed by atoms with van der Waals surface area (Å²) in [5.74, 6) is 0.527. The molecule has 0 spiro atoms. The number of anilines is 1. The van der Waals surface area contributed by atoms with Gasteiger partial charge in [0.05, 0.1) is 25.9 Å². The number of carbonyl (C=O) groups excluding carboxylic acids is 2. The van der Waals surface area contributed by atoms with Gasteiger partial charge in [0.25, 0.3) is 5.91 Å². The number of hydrogen-bond donors (Lipinski definition) is 0. The highest BCUT2D eigenvalue weighted by Crippen LogP contribution is 2.37. The number of amides is 1. The lowest BCUT2D eigenvalue weighted by atomic mass is 9.96. The minimum atomic E-state index is -0.118. The van der Waals surface area contributed by atoms with E-state index in [1.165, 1.54) is 0 Å². The topological polar surface area (TPSA) is 51.5 Å². The van der Waals surface area contributed by atoms with Gasteiger partial charge in [-0.1, -0.05) is 60.7 Å². The van der Waals surface area contributed by atoms with Gasteiger partial charge in [0.15, 0.2) is 6.29 Å². The van der Waals surface area contributed by atoms with Gasteiger partial charge in [0, 0.05) is 22.5 Å². The molecule has 176 valence electrons. The molecule has 0 atom stereocenters. The molecule has 0 saturated heterocycles. The van der Waals surface area contributed by atoms with Crippen LogP contribution in [0.4, 0.5) is 5.69 Å². The lowest BCUT2D eigenvalue weighted by molar-refractivity contribution is 0.0984. The Morgan fingerprint density at radius 3 is 2.50 bits per heavy atom. The number of hydrogen-bond acceptors (Lipinski definition) is 3. The Bertz CT molecular complexity index is 1630. The number of fused-ring (bicyclic) bond motifs is 3. The zero-order valence-electron chi connectivity index (χ0n) is 19.8. The molecule has 0 unspecified atom stereocenters. The first-order valence-corrected chi connectivity index (χ1v) is 11.9. The number of benzene rings is 4. The van der Waals surface area contributed by atoms with Crippen LogP contribution < -0.4 is 9.64 Å². The Balaban J connectivity index is 1.43. The Hall–Kier alpha value is -4.64. The standard InChI is InChI=1S/C31H24N2O3/c1-36-30-17-22(13-16-28(30)27-11-6-9-21-7-2-4-10-26(21)27)31(35)33-19-24-14-15-25(20-34)32(24)18-23-8-3-5-12-29(23)33/h2-17,20H,18-19H2,1H3. The third-order valence-electron chi connectivity index (χ3n) is 6.93. The number of para-hydroxylation sites is 1. The average molecular weight is 473 g/mol. The normalized spacial score (nSPS) is 12.5. The first-order chi connectivity index (χ1) is 17.7. The SMILES string of the molecule is COc1cc(C(=O)N2Cc3ccc(C=O)n3Cc3ccccc32)ccc1-c1cccc2ccccc12. The average Bonchev–Trinajstić information content (AvgIpc) is 3.23. The first-order valence-electron chi connectivity index (χ1n) is 11.9. The molecule has 5 nitrogen and oxygen atoms in total. The highest BCUT2D eigenvalue weighted by molar-refractivity contribution is 6.07. The Morgan fingerprint density at radius 2 is 1.64 bits per heavy atom. The van der Waals surface area contributed by atoms with Crippen LogP contribution in [-0.2, 0) is 13.1 Å². The van der Waals surface area contributed by atoms with Crippen molar-refractivity contribution in [2.75, 3.05) is 12.0 Å². The smallest absolute Gasteiger partial charge is 0.258 e. The third kappa shape index (κ3) is 3.57. The van der Waals surface area contributed by atoms with Crippen LogP contribution in [0.15, 0.2) is 97.1 Å². The lowest BCUT2D eigenvalue weighted by Crippen LogP contribution is -2.30. The summed E-state index contributed by atoms with van der Waals surface area (Å²) in [5.41, 5.74) is 5.90. The summed E-state index contributed by atoms with van der Waals surface area (Å²) in [4.78, 5) is 27.3. The van der Waals surface area contributed by atoms with Crippen LogP contribution in [0, 0.1) is 0 Å². The number of rotatable bonds is 4. The predicted octanol–water partition coefficient (Wildman–Crippen LogP) is 6.34. The Labute approximate surface area is 209 Å². The molecule has 0 saturated carbocycles. The molecule has 2 heterocycles. The summed E-state index contributed by atoms with van der Waals surface area (Å²) >= 11 is 0. The highest BCUT2D eigenvalue weighted by atomic mass is 16.5. The maximum atomic E-state index is 13.9. The second kappa shape index (κ2) is 8.86. The van der Waals surface area contributed by atoms with Gasteiger partial charge in [-0.2, -0.15) is 0 Å². The number of carbonyl (C=O) groups is 2. The Morgan fingerprint density at radius 1 is 0.833 bits per heavy atom. The molecule has 4 aromatic carbocycles. The molecular formula is C31H24N2O3.